The van der Waals surface area contributed by atoms with Gasteiger partial charge in [0, 0.05) is 44.0 Å². The monoisotopic (exact) mass is 411 g/mol. The Morgan fingerprint density at radius 3 is 2.57 bits per heavy atom. The van der Waals surface area contributed by atoms with Crippen LogP contribution in [0.25, 0.3) is 0 Å². The van der Waals surface area contributed by atoms with E-state index in [0.29, 0.717) is 43.7 Å². The van der Waals surface area contributed by atoms with Crippen LogP contribution in [-0.4, -0.2) is 53.0 Å². The zero-order chi connectivity index (χ0) is 20.9. The van der Waals surface area contributed by atoms with Crippen LogP contribution in [0.15, 0.2) is 30.3 Å². The number of anilines is 2. The lowest BCUT2D eigenvalue weighted by Crippen LogP contribution is -2.49. The van der Waals surface area contributed by atoms with Crippen LogP contribution in [0.1, 0.15) is 43.4 Å². The minimum atomic E-state index is -0.320. The Hall–Kier alpha value is -2.70. The largest absolute Gasteiger partial charge is 0.353 e. The molecule has 1 saturated heterocycles. The van der Waals surface area contributed by atoms with Gasteiger partial charge in [0.2, 0.25) is 11.9 Å². The molecule has 0 radical (unpaired) electrons. The molecule has 2 fully saturated rings. The lowest BCUT2D eigenvalue weighted by atomic mass is 9.96. The summed E-state index contributed by atoms with van der Waals surface area (Å²) in [4.78, 5) is 25.9. The van der Waals surface area contributed by atoms with Gasteiger partial charge in [-0.15, -0.1) is 0 Å². The fourth-order valence-electron chi connectivity index (χ4n) is 4.31. The van der Waals surface area contributed by atoms with Gasteiger partial charge in [0.15, 0.2) is 0 Å². The fourth-order valence-corrected chi connectivity index (χ4v) is 4.31. The molecule has 0 atom stereocenters. The standard InChI is InChI=1S/C23H30FN5O/c1-17-15-21(27-23(25-17)26-19-8-3-2-4-9-19)28-11-13-29(14-12-28)22(30)16-18-7-5-6-10-20(18)24/h5-7,10,15,19H,2-4,8-9,11-14,16H2,1H3,(H,25,26,27). The molecule has 0 spiro atoms. The maximum atomic E-state index is 13.8. The van der Waals surface area contributed by atoms with Gasteiger partial charge >= 0.3 is 0 Å². The quantitative estimate of drug-likeness (QED) is 0.815. The molecular formula is C23H30FN5O. The molecule has 1 amide bonds. The zero-order valence-electron chi connectivity index (χ0n) is 17.6. The number of aromatic nitrogens is 2. The molecule has 4 rings (SSSR count). The van der Waals surface area contributed by atoms with Gasteiger partial charge in [-0.2, -0.15) is 4.98 Å². The molecule has 1 aliphatic carbocycles. The minimum Gasteiger partial charge on any atom is -0.353 e. The summed E-state index contributed by atoms with van der Waals surface area (Å²) < 4.78 is 13.8. The van der Waals surface area contributed by atoms with Crippen LogP contribution in [0, 0.1) is 12.7 Å². The molecule has 1 aliphatic heterocycles. The Labute approximate surface area is 177 Å². The molecule has 30 heavy (non-hydrogen) atoms. The van der Waals surface area contributed by atoms with Crippen molar-refractivity contribution in [3.8, 4) is 0 Å². The lowest BCUT2D eigenvalue weighted by molar-refractivity contribution is -0.130. The second kappa shape index (κ2) is 9.41. The van der Waals surface area contributed by atoms with Crippen molar-refractivity contribution in [3.63, 3.8) is 0 Å². The molecule has 0 unspecified atom stereocenters. The molecule has 2 aliphatic rings. The van der Waals surface area contributed by atoms with Crippen LogP contribution in [0.4, 0.5) is 16.2 Å². The van der Waals surface area contributed by atoms with Crippen LogP contribution < -0.4 is 10.2 Å². The summed E-state index contributed by atoms with van der Waals surface area (Å²) in [7, 11) is 0. The van der Waals surface area contributed by atoms with Gasteiger partial charge in [0.25, 0.3) is 0 Å². The van der Waals surface area contributed by atoms with Gasteiger partial charge in [-0.25, -0.2) is 9.37 Å². The van der Waals surface area contributed by atoms with Crippen molar-refractivity contribution in [2.45, 2.75) is 51.5 Å². The SMILES string of the molecule is Cc1cc(N2CCN(C(=O)Cc3ccccc3F)CC2)nc(NC2CCCCC2)n1. The average Bonchev–Trinajstić information content (AvgIpc) is 2.76. The second-order valence-corrected chi connectivity index (χ2v) is 8.31. The second-order valence-electron chi connectivity index (χ2n) is 8.31. The third-order valence-electron chi connectivity index (χ3n) is 6.03. The van der Waals surface area contributed by atoms with E-state index < -0.39 is 0 Å². The topological polar surface area (TPSA) is 61.4 Å². The Balaban J connectivity index is 1.35. The smallest absolute Gasteiger partial charge is 0.227 e. The maximum Gasteiger partial charge on any atom is 0.227 e. The molecule has 1 N–H and O–H groups in total. The first kappa shape index (κ1) is 20.6. The van der Waals surface area contributed by atoms with Crippen molar-refractivity contribution in [1.82, 2.24) is 14.9 Å². The van der Waals surface area contributed by atoms with E-state index in [0.717, 1.165) is 11.5 Å². The maximum absolute atomic E-state index is 13.8. The summed E-state index contributed by atoms with van der Waals surface area (Å²) in [5, 5.41) is 3.51. The Bertz CT molecular complexity index is 876. The van der Waals surface area contributed by atoms with E-state index in [-0.39, 0.29) is 18.1 Å². The van der Waals surface area contributed by atoms with E-state index in [9.17, 15) is 9.18 Å². The summed E-state index contributed by atoms with van der Waals surface area (Å²) in [5.41, 5.74) is 1.39. The predicted octanol–water partition coefficient (Wildman–Crippen LogP) is 3.56. The molecule has 1 aromatic carbocycles. The van der Waals surface area contributed by atoms with Gasteiger partial charge in [-0.1, -0.05) is 37.5 Å². The van der Waals surface area contributed by atoms with Gasteiger partial charge in [-0.3, -0.25) is 4.79 Å². The van der Waals surface area contributed by atoms with Crippen molar-refractivity contribution >= 4 is 17.7 Å². The van der Waals surface area contributed by atoms with Gasteiger partial charge in [0.1, 0.15) is 11.6 Å². The van der Waals surface area contributed by atoms with Crippen molar-refractivity contribution in [2.75, 3.05) is 36.4 Å². The number of hydrogen-bond donors (Lipinski definition) is 1. The highest BCUT2D eigenvalue weighted by molar-refractivity contribution is 5.79. The first-order chi connectivity index (χ1) is 14.6. The van der Waals surface area contributed by atoms with E-state index in [1.165, 1.54) is 38.2 Å². The number of hydrogen-bond acceptors (Lipinski definition) is 5. The molecule has 2 heterocycles. The van der Waals surface area contributed by atoms with E-state index >= 15 is 0 Å². The van der Waals surface area contributed by atoms with Crippen LogP contribution >= 0.6 is 0 Å². The average molecular weight is 412 g/mol. The van der Waals surface area contributed by atoms with Crippen molar-refractivity contribution in [3.05, 3.63) is 47.4 Å². The summed E-state index contributed by atoms with van der Waals surface area (Å²) >= 11 is 0. The summed E-state index contributed by atoms with van der Waals surface area (Å²) in [5.74, 6) is 1.26. The highest BCUT2D eigenvalue weighted by Crippen LogP contribution is 2.22. The number of piperazine rings is 1. The normalized spacial score (nSPS) is 17.8. The number of carbonyl (C=O) groups excluding carboxylic acids is 1. The van der Waals surface area contributed by atoms with Gasteiger partial charge < -0.3 is 15.1 Å². The van der Waals surface area contributed by atoms with Crippen LogP contribution in [0.5, 0.6) is 0 Å². The molecular weight excluding hydrogens is 381 g/mol. The molecule has 2 aromatic rings. The van der Waals surface area contributed by atoms with E-state index in [1.54, 1.807) is 18.2 Å². The number of rotatable bonds is 5. The van der Waals surface area contributed by atoms with E-state index in [1.807, 2.05) is 17.9 Å². The molecule has 1 aromatic heterocycles. The van der Waals surface area contributed by atoms with Gasteiger partial charge in [0.05, 0.1) is 6.42 Å². The van der Waals surface area contributed by atoms with Crippen LogP contribution in [-0.2, 0) is 11.2 Å². The van der Waals surface area contributed by atoms with Crippen molar-refractivity contribution < 1.29 is 9.18 Å². The van der Waals surface area contributed by atoms with Crippen molar-refractivity contribution in [1.29, 1.82) is 0 Å². The van der Waals surface area contributed by atoms with E-state index in [2.05, 4.69) is 15.2 Å². The first-order valence-corrected chi connectivity index (χ1v) is 11.0. The highest BCUT2D eigenvalue weighted by Gasteiger charge is 2.23. The number of nitrogens with zero attached hydrogens (tertiary/aromatic N) is 4. The minimum absolute atomic E-state index is 0.0294. The third kappa shape index (κ3) is 5.07. The van der Waals surface area contributed by atoms with Crippen LogP contribution in [0.2, 0.25) is 0 Å². The number of carbonyl (C=O) groups is 1. The Morgan fingerprint density at radius 1 is 1.10 bits per heavy atom. The number of aryl methyl sites for hydroxylation is 1. The third-order valence-corrected chi connectivity index (χ3v) is 6.03. The molecule has 1 saturated carbocycles. The summed E-state index contributed by atoms with van der Waals surface area (Å²) in [6, 6.07) is 8.94. The zero-order valence-corrected chi connectivity index (χ0v) is 17.6. The lowest BCUT2D eigenvalue weighted by Gasteiger charge is -2.35. The summed E-state index contributed by atoms with van der Waals surface area (Å²) in [6.45, 7) is 4.64. The number of amides is 1. The van der Waals surface area contributed by atoms with Gasteiger partial charge in [-0.05, 0) is 31.4 Å². The molecule has 160 valence electrons. The Kier molecular flexibility index (Phi) is 6.45. The molecule has 6 nitrogen and oxygen atoms in total. The van der Waals surface area contributed by atoms with E-state index in [4.69, 9.17) is 4.98 Å². The predicted molar refractivity (Wildman–Crippen MR) is 116 cm³/mol. The van der Waals surface area contributed by atoms with Crippen molar-refractivity contribution in [2.24, 2.45) is 0 Å². The Morgan fingerprint density at radius 2 is 1.83 bits per heavy atom. The first-order valence-electron chi connectivity index (χ1n) is 11.0. The fraction of sp³-hybridized carbons (Fsp3) is 0.522. The molecule has 7 heteroatoms. The molecule has 0 bridgehead atoms. The number of nitrogens with one attached hydrogen (secondary N) is 1. The number of halogens is 1. The number of benzene rings is 1. The highest BCUT2D eigenvalue weighted by atomic mass is 19.1. The summed E-state index contributed by atoms with van der Waals surface area (Å²) in [6.07, 6.45) is 6.30. The van der Waals surface area contributed by atoms with Crippen LogP contribution in [0.3, 0.4) is 0 Å².